The van der Waals surface area contributed by atoms with Crippen LogP contribution in [-0.2, 0) is 0 Å². The van der Waals surface area contributed by atoms with Crippen molar-refractivity contribution in [2.24, 2.45) is 0 Å². The molecule has 9 heteroatoms. The van der Waals surface area contributed by atoms with Crippen molar-refractivity contribution in [1.29, 1.82) is 0 Å². The molecule has 0 aliphatic heterocycles. The Morgan fingerprint density at radius 3 is 2.70 bits per heavy atom. The number of amides is 1. The maximum absolute atomic E-state index is 12.8. The van der Waals surface area contributed by atoms with E-state index in [0.29, 0.717) is 14.9 Å². The lowest BCUT2D eigenvalue weighted by molar-refractivity contribution is 0.101. The lowest BCUT2D eigenvalue weighted by Crippen LogP contribution is -2.13. The summed E-state index contributed by atoms with van der Waals surface area (Å²) in [7, 11) is 0. The summed E-state index contributed by atoms with van der Waals surface area (Å²) in [6, 6.07) is 9.81. The quantitative estimate of drug-likeness (QED) is 0.703. The van der Waals surface area contributed by atoms with Crippen LogP contribution in [0.1, 0.15) is 10.5 Å². The maximum Gasteiger partial charge on any atom is 0.278 e. The molecule has 2 aromatic heterocycles. The number of anilines is 1. The molecule has 1 N–H and O–H groups in total. The van der Waals surface area contributed by atoms with Crippen LogP contribution >= 0.6 is 34.9 Å². The SMILES string of the molecule is O=C(Nc1ccc(F)nc1)c1nnsc1Sc1ccc(Cl)cc1. The molecule has 116 valence electrons. The molecule has 1 aromatic carbocycles. The summed E-state index contributed by atoms with van der Waals surface area (Å²) < 4.78 is 17.2. The van der Waals surface area contributed by atoms with Gasteiger partial charge in [-0.15, -0.1) is 5.10 Å². The fourth-order valence-corrected chi connectivity index (χ4v) is 3.43. The monoisotopic (exact) mass is 366 g/mol. The Kier molecular flexibility index (Phi) is 4.85. The molecular weight excluding hydrogens is 359 g/mol. The van der Waals surface area contributed by atoms with Gasteiger partial charge in [0.25, 0.3) is 5.91 Å². The second-order valence-corrected chi connectivity index (χ2v) is 6.82. The lowest BCUT2D eigenvalue weighted by Gasteiger charge is -2.04. The molecule has 0 radical (unpaired) electrons. The van der Waals surface area contributed by atoms with Crippen molar-refractivity contribution in [3.63, 3.8) is 0 Å². The van der Waals surface area contributed by atoms with Crippen LogP contribution in [-0.4, -0.2) is 20.5 Å². The molecule has 0 atom stereocenters. The maximum atomic E-state index is 12.8. The van der Waals surface area contributed by atoms with E-state index in [-0.39, 0.29) is 5.69 Å². The van der Waals surface area contributed by atoms with Gasteiger partial charge in [0.2, 0.25) is 5.95 Å². The third-order valence-electron chi connectivity index (χ3n) is 2.68. The molecule has 2 heterocycles. The Morgan fingerprint density at radius 2 is 2.00 bits per heavy atom. The molecule has 1 amide bonds. The number of nitrogens with zero attached hydrogens (tertiary/aromatic N) is 3. The van der Waals surface area contributed by atoms with Crippen LogP contribution in [0.5, 0.6) is 0 Å². The molecule has 23 heavy (non-hydrogen) atoms. The second-order valence-electron chi connectivity index (χ2n) is 4.29. The first kappa shape index (κ1) is 15.9. The van der Waals surface area contributed by atoms with Gasteiger partial charge in [-0.3, -0.25) is 4.79 Å². The van der Waals surface area contributed by atoms with Gasteiger partial charge >= 0.3 is 0 Å². The topological polar surface area (TPSA) is 67.8 Å². The first-order chi connectivity index (χ1) is 11.1. The molecule has 0 aliphatic rings. The zero-order valence-corrected chi connectivity index (χ0v) is 13.8. The highest BCUT2D eigenvalue weighted by Gasteiger charge is 2.18. The predicted octanol–water partition coefficient (Wildman–Crippen LogP) is 4.13. The van der Waals surface area contributed by atoms with Gasteiger partial charge in [0.15, 0.2) is 5.69 Å². The van der Waals surface area contributed by atoms with Gasteiger partial charge in [0.1, 0.15) is 4.21 Å². The van der Waals surface area contributed by atoms with Crippen molar-refractivity contribution in [3.8, 4) is 0 Å². The first-order valence-electron chi connectivity index (χ1n) is 6.30. The number of carbonyl (C=O) groups is 1. The summed E-state index contributed by atoms with van der Waals surface area (Å²) in [5, 5.41) is 7.10. The number of nitrogens with one attached hydrogen (secondary N) is 1. The van der Waals surface area contributed by atoms with Crippen LogP contribution in [0.2, 0.25) is 5.02 Å². The Hall–Kier alpha value is -2.03. The summed E-state index contributed by atoms with van der Waals surface area (Å²) in [5.74, 6) is -1.04. The molecule has 0 fully saturated rings. The Bertz CT molecular complexity index is 824. The van der Waals surface area contributed by atoms with Crippen LogP contribution in [0.4, 0.5) is 10.1 Å². The van der Waals surface area contributed by atoms with Crippen molar-refractivity contribution >= 4 is 46.5 Å². The molecular formula is C14H8ClFN4OS2. The number of halogens is 2. The standard InChI is InChI=1S/C14H8ClFN4OS2/c15-8-1-4-10(5-2-8)22-14-12(19-20-23-14)13(21)18-9-3-6-11(16)17-7-9/h1-7H,(H,18,21). The van der Waals surface area contributed by atoms with Gasteiger partial charge in [0, 0.05) is 9.92 Å². The largest absolute Gasteiger partial charge is 0.319 e. The van der Waals surface area contributed by atoms with Crippen molar-refractivity contribution in [3.05, 3.63) is 59.3 Å². The van der Waals surface area contributed by atoms with Crippen LogP contribution in [0.25, 0.3) is 0 Å². The van der Waals surface area contributed by atoms with Gasteiger partial charge in [-0.05, 0) is 47.9 Å². The normalized spacial score (nSPS) is 10.5. The van der Waals surface area contributed by atoms with E-state index >= 15 is 0 Å². The minimum Gasteiger partial charge on any atom is -0.319 e. The summed E-state index contributed by atoms with van der Waals surface area (Å²) in [4.78, 5) is 16.7. The van der Waals surface area contributed by atoms with E-state index in [2.05, 4.69) is 19.9 Å². The highest BCUT2D eigenvalue weighted by atomic mass is 35.5. The van der Waals surface area contributed by atoms with Crippen molar-refractivity contribution < 1.29 is 9.18 Å². The van der Waals surface area contributed by atoms with Crippen molar-refractivity contribution in [2.75, 3.05) is 5.32 Å². The molecule has 3 aromatic rings. The number of rotatable bonds is 4. The Balaban J connectivity index is 1.75. The highest BCUT2D eigenvalue weighted by Crippen LogP contribution is 2.33. The Morgan fingerprint density at radius 1 is 1.22 bits per heavy atom. The predicted molar refractivity (Wildman–Crippen MR) is 87.6 cm³/mol. The van der Waals surface area contributed by atoms with Gasteiger partial charge in [-0.25, -0.2) is 4.98 Å². The average Bonchev–Trinajstić information content (AvgIpc) is 3.00. The third kappa shape index (κ3) is 4.04. The molecule has 3 rings (SSSR count). The molecule has 5 nitrogen and oxygen atoms in total. The minimum atomic E-state index is -0.614. The molecule has 0 bridgehead atoms. The molecule has 0 unspecified atom stereocenters. The van der Waals surface area contributed by atoms with Crippen molar-refractivity contribution in [1.82, 2.24) is 14.6 Å². The second kappa shape index (κ2) is 7.03. The number of pyridine rings is 1. The summed E-state index contributed by atoms with van der Waals surface area (Å²) in [6.45, 7) is 0. The van der Waals surface area contributed by atoms with Crippen LogP contribution < -0.4 is 5.32 Å². The molecule has 0 saturated carbocycles. The zero-order valence-electron chi connectivity index (χ0n) is 11.4. The first-order valence-corrected chi connectivity index (χ1v) is 8.27. The van der Waals surface area contributed by atoms with Crippen LogP contribution in [0.3, 0.4) is 0 Å². The van der Waals surface area contributed by atoms with E-state index < -0.39 is 11.9 Å². The number of benzene rings is 1. The van der Waals surface area contributed by atoms with E-state index in [1.165, 1.54) is 24.0 Å². The smallest absolute Gasteiger partial charge is 0.278 e. The van der Waals surface area contributed by atoms with Crippen molar-refractivity contribution in [2.45, 2.75) is 9.10 Å². The zero-order chi connectivity index (χ0) is 16.2. The molecule has 0 spiro atoms. The number of carbonyl (C=O) groups excluding carboxylic acids is 1. The van der Waals surface area contributed by atoms with E-state index in [1.807, 2.05) is 12.1 Å². The van der Waals surface area contributed by atoms with Gasteiger partial charge < -0.3 is 5.32 Å². The third-order valence-corrected chi connectivity index (χ3v) is 4.82. The van der Waals surface area contributed by atoms with E-state index in [1.54, 1.807) is 12.1 Å². The minimum absolute atomic E-state index is 0.208. The fraction of sp³-hybridized carbons (Fsp3) is 0. The van der Waals surface area contributed by atoms with Gasteiger partial charge in [0.05, 0.1) is 11.9 Å². The number of aromatic nitrogens is 3. The summed E-state index contributed by atoms with van der Waals surface area (Å²) in [6.07, 6.45) is 1.24. The molecule has 0 saturated heterocycles. The van der Waals surface area contributed by atoms with Gasteiger partial charge in [-0.1, -0.05) is 27.9 Å². The van der Waals surface area contributed by atoms with E-state index in [4.69, 9.17) is 11.6 Å². The summed E-state index contributed by atoms with van der Waals surface area (Å²) in [5.41, 5.74) is 0.589. The highest BCUT2D eigenvalue weighted by molar-refractivity contribution is 8.01. The average molecular weight is 367 g/mol. The molecule has 0 aliphatic carbocycles. The van der Waals surface area contributed by atoms with E-state index in [9.17, 15) is 9.18 Å². The van der Waals surface area contributed by atoms with E-state index in [0.717, 1.165) is 22.5 Å². The van der Waals surface area contributed by atoms with Gasteiger partial charge in [-0.2, -0.15) is 4.39 Å². The van der Waals surface area contributed by atoms with Crippen LogP contribution in [0, 0.1) is 5.95 Å². The Labute approximate surface area is 144 Å². The summed E-state index contributed by atoms with van der Waals surface area (Å²) >= 11 is 8.34. The van der Waals surface area contributed by atoms with Crippen LogP contribution in [0.15, 0.2) is 51.7 Å². The lowest BCUT2D eigenvalue weighted by atomic mass is 10.4. The fourth-order valence-electron chi connectivity index (χ4n) is 1.64. The number of hydrogen-bond donors (Lipinski definition) is 1. The number of hydrogen-bond acceptors (Lipinski definition) is 6.